The first kappa shape index (κ1) is 16.2. The summed E-state index contributed by atoms with van der Waals surface area (Å²) in [6.07, 6.45) is 6.90. The van der Waals surface area contributed by atoms with Crippen LogP contribution in [-0.2, 0) is 4.79 Å². The van der Waals surface area contributed by atoms with Crippen molar-refractivity contribution in [2.45, 2.75) is 19.8 Å². The van der Waals surface area contributed by atoms with E-state index in [1.54, 1.807) is 25.7 Å². The van der Waals surface area contributed by atoms with E-state index in [1.807, 2.05) is 25.1 Å². The van der Waals surface area contributed by atoms with Crippen molar-refractivity contribution in [3.63, 3.8) is 0 Å². The van der Waals surface area contributed by atoms with Crippen molar-refractivity contribution in [1.82, 2.24) is 9.97 Å². The molecule has 1 fully saturated rings. The van der Waals surface area contributed by atoms with Crippen LogP contribution in [0.5, 0.6) is 5.75 Å². The largest absolute Gasteiger partial charge is 0.495 e. The predicted octanol–water partition coefficient (Wildman–Crippen LogP) is 2.65. The maximum atomic E-state index is 12.7. The molecule has 2 aromatic rings. The average molecular weight is 326 g/mol. The summed E-state index contributed by atoms with van der Waals surface area (Å²) in [5.74, 6) is 1.44. The maximum Gasteiger partial charge on any atom is 0.229 e. The molecule has 0 radical (unpaired) electrons. The molecular weight excluding hydrogens is 304 g/mol. The third-order valence-corrected chi connectivity index (χ3v) is 4.28. The Hall–Kier alpha value is -2.63. The number of hydrogen-bond donors (Lipinski definition) is 1. The number of aromatic nitrogens is 2. The number of hydrogen-bond acceptors (Lipinski definition) is 5. The highest BCUT2D eigenvalue weighted by Crippen LogP contribution is 2.27. The van der Waals surface area contributed by atoms with Gasteiger partial charge in [-0.1, -0.05) is 6.07 Å². The molecule has 1 aromatic carbocycles. The molecule has 1 aliphatic heterocycles. The highest BCUT2D eigenvalue weighted by molar-refractivity contribution is 5.94. The highest BCUT2D eigenvalue weighted by Gasteiger charge is 2.27. The molecule has 3 rings (SSSR count). The maximum absolute atomic E-state index is 12.7. The summed E-state index contributed by atoms with van der Waals surface area (Å²) in [4.78, 5) is 23.3. The van der Waals surface area contributed by atoms with Crippen LogP contribution in [-0.4, -0.2) is 36.1 Å². The molecule has 0 bridgehead atoms. The molecule has 6 nitrogen and oxygen atoms in total. The minimum Gasteiger partial charge on any atom is -0.495 e. The van der Waals surface area contributed by atoms with E-state index < -0.39 is 0 Å². The molecule has 2 heterocycles. The van der Waals surface area contributed by atoms with Gasteiger partial charge in [-0.3, -0.25) is 9.78 Å². The SMILES string of the molecule is COc1ccc(C)cc1NC(=O)C1CCCN(c2cnccn2)C1. The topological polar surface area (TPSA) is 67.3 Å². The number of rotatable bonds is 4. The first-order valence-electron chi connectivity index (χ1n) is 8.14. The standard InChI is InChI=1S/C18H22N4O2/c1-13-5-6-16(24-2)15(10-13)21-18(23)14-4-3-9-22(12-14)17-11-19-7-8-20-17/h5-8,10-11,14H,3-4,9,12H2,1-2H3,(H,21,23). The number of anilines is 2. The number of piperidine rings is 1. The lowest BCUT2D eigenvalue weighted by Crippen LogP contribution is -2.41. The molecule has 1 N–H and O–H groups in total. The van der Waals surface area contributed by atoms with Gasteiger partial charge < -0.3 is 15.0 Å². The van der Waals surface area contributed by atoms with Gasteiger partial charge in [0.05, 0.1) is 24.9 Å². The predicted molar refractivity (Wildman–Crippen MR) is 93.3 cm³/mol. The van der Waals surface area contributed by atoms with Crippen molar-refractivity contribution in [2.75, 3.05) is 30.4 Å². The second-order valence-corrected chi connectivity index (χ2v) is 6.04. The van der Waals surface area contributed by atoms with Gasteiger partial charge in [0, 0.05) is 25.5 Å². The lowest BCUT2D eigenvalue weighted by molar-refractivity contribution is -0.120. The summed E-state index contributed by atoms with van der Waals surface area (Å²) >= 11 is 0. The van der Waals surface area contributed by atoms with E-state index in [2.05, 4.69) is 20.2 Å². The van der Waals surface area contributed by atoms with Gasteiger partial charge in [-0.25, -0.2) is 4.98 Å². The number of nitrogens with one attached hydrogen (secondary N) is 1. The van der Waals surface area contributed by atoms with Gasteiger partial charge in [0.25, 0.3) is 0 Å². The minimum atomic E-state index is -0.0778. The smallest absolute Gasteiger partial charge is 0.229 e. The molecule has 1 saturated heterocycles. The Morgan fingerprint density at radius 1 is 1.38 bits per heavy atom. The minimum absolute atomic E-state index is 0.0208. The van der Waals surface area contributed by atoms with Crippen LogP contribution < -0.4 is 15.0 Å². The number of aryl methyl sites for hydroxylation is 1. The molecule has 0 aliphatic carbocycles. The molecule has 0 spiro atoms. The van der Waals surface area contributed by atoms with E-state index in [0.717, 1.165) is 36.5 Å². The Morgan fingerprint density at radius 3 is 3.00 bits per heavy atom. The molecule has 1 unspecified atom stereocenters. The lowest BCUT2D eigenvalue weighted by Gasteiger charge is -2.32. The number of nitrogens with zero attached hydrogens (tertiary/aromatic N) is 3. The van der Waals surface area contributed by atoms with Crippen molar-refractivity contribution in [3.8, 4) is 5.75 Å². The molecule has 1 aliphatic rings. The second kappa shape index (κ2) is 7.29. The van der Waals surface area contributed by atoms with E-state index in [4.69, 9.17) is 4.74 Å². The van der Waals surface area contributed by atoms with E-state index in [9.17, 15) is 4.79 Å². The third-order valence-electron chi connectivity index (χ3n) is 4.28. The monoisotopic (exact) mass is 326 g/mol. The molecule has 1 aromatic heterocycles. The summed E-state index contributed by atoms with van der Waals surface area (Å²) < 4.78 is 5.34. The Kier molecular flexibility index (Phi) is 4.93. The normalized spacial score (nSPS) is 17.4. The molecule has 24 heavy (non-hydrogen) atoms. The van der Waals surface area contributed by atoms with Gasteiger partial charge in [-0.05, 0) is 37.5 Å². The van der Waals surface area contributed by atoms with E-state index in [0.29, 0.717) is 12.3 Å². The van der Waals surface area contributed by atoms with E-state index in [1.165, 1.54) is 0 Å². The number of methoxy groups -OCH3 is 1. The Labute approximate surface area is 141 Å². The van der Waals surface area contributed by atoms with Crippen LogP contribution in [0, 0.1) is 12.8 Å². The van der Waals surface area contributed by atoms with Crippen LogP contribution >= 0.6 is 0 Å². The van der Waals surface area contributed by atoms with Crippen molar-refractivity contribution in [3.05, 3.63) is 42.4 Å². The van der Waals surface area contributed by atoms with Gasteiger partial charge >= 0.3 is 0 Å². The fourth-order valence-electron chi connectivity index (χ4n) is 3.01. The summed E-state index contributed by atoms with van der Waals surface area (Å²) in [6.45, 7) is 3.54. The number of amides is 1. The van der Waals surface area contributed by atoms with Crippen LogP contribution in [0.3, 0.4) is 0 Å². The van der Waals surface area contributed by atoms with Gasteiger partial charge in [-0.2, -0.15) is 0 Å². The summed E-state index contributed by atoms with van der Waals surface area (Å²) in [7, 11) is 1.61. The molecule has 1 atom stereocenters. The molecule has 0 saturated carbocycles. The first-order chi connectivity index (χ1) is 11.7. The summed E-state index contributed by atoms with van der Waals surface area (Å²) in [5, 5.41) is 3.02. The van der Waals surface area contributed by atoms with E-state index in [-0.39, 0.29) is 11.8 Å². The lowest BCUT2D eigenvalue weighted by atomic mass is 9.97. The quantitative estimate of drug-likeness (QED) is 0.935. The number of carbonyl (C=O) groups excluding carboxylic acids is 1. The third kappa shape index (κ3) is 3.64. The van der Waals surface area contributed by atoms with Crippen molar-refractivity contribution in [2.24, 2.45) is 5.92 Å². The van der Waals surface area contributed by atoms with Crippen LogP contribution in [0.4, 0.5) is 11.5 Å². The zero-order valence-electron chi connectivity index (χ0n) is 14.0. The van der Waals surface area contributed by atoms with Gasteiger partial charge in [0.1, 0.15) is 11.6 Å². The van der Waals surface area contributed by atoms with Crippen molar-refractivity contribution < 1.29 is 9.53 Å². The zero-order chi connectivity index (χ0) is 16.9. The number of benzene rings is 1. The van der Waals surface area contributed by atoms with Crippen LogP contribution in [0.1, 0.15) is 18.4 Å². The highest BCUT2D eigenvalue weighted by atomic mass is 16.5. The first-order valence-corrected chi connectivity index (χ1v) is 8.14. The van der Waals surface area contributed by atoms with E-state index >= 15 is 0 Å². The van der Waals surface area contributed by atoms with Gasteiger partial charge in [0.15, 0.2) is 0 Å². The second-order valence-electron chi connectivity index (χ2n) is 6.04. The van der Waals surface area contributed by atoms with Crippen LogP contribution in [0.25, 0.3) is 0 Å². The Balaban J connectivity index is 1.70. The Bertz CT molecular complexity index is 705. The fourth-order valence-corrected chi connectivity index (χ4v) is 3.01. The van der Waals surface area contributed by atoms with Crippen LogP contribution in [0.2, 0.25) is 0 Å². The average Bonchev–Trinajstić information content (AvgIpc) is 2.63. The van der Waals surface area contributed by atoms with Gasteiger partial charge in [-0.15, -0.1) is 0 Å². The summed E-state index contributed by atoms with van der Waals surface area (Å²) in [5.41, 5.74) is 1.80. The number of ether oxygens (including phenoxy) is 1. The summed E-state index contributed by atoms with van der Waals surface area (Å²) in [6, 6.07) is 5.77. The van der Waals surface area contributed by atoms with Crippen molar-refractivity contribution >= 4 is 17.4 Å². The van der Waals surface area contributed by atoms with Gasteiger partial charge in [0.2, 0.25) is 5.91 Å². The molecule has 1 amide bonds. The number of carbonyl (C=O) groups is 1. The molecular formula is C18H22N4O2. The van der Waals surface area contributed by atoms with Crippen molar-refractivity contribution in [1.29, 1.82) is 0 Å². The fraction of sp³-hybridized carbons (Fsp3) is 0.389. The van der Waals surface area contributed by atoms with Crippen LogP contribution in [0.15, 0.2) is 36.8 Å². The Morgan fingerprint density at radius 2 is 2.25 bits per heavy atom. The molecule has 126 valence electrons. The molecule has 6 heteroatoms. The zero-order valence-corrected chi connectivity index (χ0v) is 14.0.